The lowest BCUT2D eigenvalue weighted by molar-refractivity contribution is 0.00578. The second-order valence-electron chi connectivity index (χ2n) is 12.7. The summed E-state index contributed by atoms with van der Waals surface area (Å²) in [7, 11) is -0.508. The van der Waals surface area contributed by atoms with Gasteiger partial charge in [-0.15, -0.1) is 0 Å². The highest BCUT2D eigenvalue weighted by Gasteiger charge is 2.52. The van der Waals surface area contributed by atoms with Gasteiger partial charge in [0, 0.05) is 33.0 Å². The molecule has 2 aromatic heterocycles. The molecule has 1 saturated heterocycles. The van der Waals surface area contributed by atoms with Crippen LogP contribution in [0.25, 0.3) is 67.2 Å². The normalized spacial score (nSPS) is 15.5. The van der Waals surface area contributed by atoms with Crippen LogP contribution in [0.5, 0.6) is 0 Å². The van der Waals surface area contributed by atoms with Crippen LogP contribution in [0.15, 0.2) is 126 Å². The lowest BCUT2D eigenvalue weighted by Crippen LogP contribution is -2.41. The van der Waals surface area contributed by atoms with E-state index < -0.39 is 18.3 Å². The zero-order chi connectivity index (χ0) is 31.5. The average molecular weight is 602 g/mol. The van der Waals surface area contributed by atoms with Crippen molar-refractivity contribution in [1.29, 1.82) is 0 Å². The maximum absolute atomic E-state index is 6.54. The highest BCUT2D eigenvalue weighted by molar-refractivity contribution is 6.66. The Balaban J connectivity index is 1.22. The Labute approximate surface area is 268 Å². The fraction of sp³-hybridized carbons (Fsp3) is 0.154. The van der Waals surface area contributed by atoms with E-state index in [0.717, 1.165) is 55.2 Å². The Morgan fingerprint density at radius 3 is 1.54 bits per heavy atom. The molecule has 46 heavy (non-hydrogen) atoms. The van der Waals surface area contributed by atoms with E-state index in [2.05, 4.69) is 70.2 Å². The number of hydrogen-bond donors (Lipinski definition) is 0. The molecule has 7 aromatic rings. The summed E-state index contributed by atoms with van der Waals surface area (Å²) in [5.41, 5.74) is 6.48. The summed E-state index contributed by atoms with van der Waals surface area (Å²) < 4.78 is 19.5. The molecular weight excluding hydrogens is 569 g/mol. The molecule has 0 unspecified atom stereocenters. The minimum atomic E-state index is -0.508. The van der Waals surface area contributed by atoms with E-state index in [0.29, 0.717) is 17.5 Å². The van der Waals surface area contributed by atoms with E-state index in [1.165, 1.54) is 0 Å². The summed E-state index contributed by atoms with van der Waals surface area (Å²) in [6.07, 6.45) is 0. The number of aromatic nitrogens is 3. The zero-order valence-corrected chi connectivity index (χ0v) is 26.2. The summed E-state index contributed by atoms with van der Waals surface area (Å²) >= 11 is 0. The third kappa shape index (κ3) is 4.80. The molecule has 5 aromatic carbocycles. The SMILES string of the molecule is CC1(C)OB(c2ccc(-c3ccc(-c4nc(-c5ccccc5)nc(-c5ccccc5)n4)cc3)c3oc4ccccc4c23)OC1(C)C. The molecule has 7 heteroatoms. The second kappa shape index (κ2) is 10.8. The minimum Gasteiger partial charge on any atom is -0.455 e. The van der Waals surface area contributed by atoms with Crippen LogP contribution < -0.4 is 5.46 Å². The van der Waals surface area contributed by atoms with Crippen LogP contribution in [0.2, 0.25) is 0 Å². The van der Waals surface area contributed by atoms with E-state index in [1.807, 2.05) is 78.9 Å². The first kappa shape index (κ1) is 28.4. The van der Waals surface area contributed by atoms with Crippen molar-refractivity contribution in [2.45, 2.75) is 38.9 Å². The van der Waals surface area contributed by atoms with Gasteiger partial charge in [0.1, 0.15) is 11.2 Å². The molecule has 0 radical (unpaired) electrons. The molecule has 1 aliphatic rings. The van der Waals surface area contributed by atoms with Gasteiger partial charge in [-0.1, -0.05) is 115 Å². The Kier molecular flexibility index (Phi) is 6.64. The molecule has 0 spiro atoms. The highest BCUT2D eigenvalue weighted by atomic mass is 16.7. The molecule has 8 rings (SSSR count). The fourth-order valence-electron chi connectivity index (χ4n) is 5.98. The molecule has 224 valence electrons. The van der Waals surface area contributed by atoms with E-state index in [-0.39, 0.29) is 0 Å². The fourth-order valence-corrected chi connectivity index (χ4v) is 5.98. The molecular formula is C39H32BN3O3. The van der Waals surface area contributed by atoms with Crippen molar-refractivity contribution in [3.8, 4) is 45.3 Å². The zero-order valence-electron chi connectivity index (χ0n) is 26.2. The van der Waals surface area contributed by atoms with Gasteiger partial charge in [-0.25, -0.2) is 15.0 Å². The van der Waals surface area contributed by atoms with Crippen LogP contribution in [0, 0.1) is 0 Å². The first-order valence-corrected chi connectivity index (χ1v) is 15.5. The van der Waals surface area contributed by atoms with Crippen molar-refractivity contribution in [2.75, 3.05) is 0 Å². The molecule has 1 aliphatic heterocycles. The Morgan fingerprint density at radius 1 is 0.500 bits per heavy atom. The van der Waals surface area contributed by atoms with Gasteiger partial charge in [-0.05, 0) is 44.8 Å². The topological polar surface area (TPSA) is 70.3 Å². The number of para-hydroxylation sites is 1. The van der Waals surface area contributed by atoms with E-state index in [9.17, 15) is 0 Å². The molecule has 0 atom stereocenters. The standard InChI is InChI=1S/C39H32BN3O3/c1-38(2)39(3,4)46-40(45-38)31-24-23-29(34-33(31)30-17-11-12-18-32(30)44-34)25-19-21-28(22-20-25)37-42-35(26-13-7-5-8-14-26)41-36(43-37)27-15-9-6-10-16-27/h5-24H,1-4H3. The van der Waals surface area contributed by atoms with Crippen LogP contribution in [0.1, 0.15) is 27.7 Å². The molecule has 0 amide bonds. The molecule has 3 heterocycles. The van der Waals surface area contributed by atoms with Crippen molar-refractivity contribution in [1.82, 2.24) is 15.0 Å². The van der Waals surface area contributed by atoms with Crippen molar-refractivity contribution in [2.24, 2.45) is 0 Å². The van der Waals surface area contributed by atoms with E-state index in [4.69, 9.17) is 28.7 Å². The Morgan fingerprint density at radius 2 is 0.978 bits per heavy atom. The molecule has 1 fully saturated rings. The van der Waals surface area contributed by atoms with Crippen LogP contribution >= 0.6 is 0 Å². The summed E-state index contributed by atoms with van der Waals surface area (Å²) in [6, 6.07) is 40.7. The van der Waals surface area contributed by atoms with E-state index in [1.54, 1.807) is 0 Å². The van der Waals surface area contributed by atoms with Gasteiger partial charge in [0.05, 0.1) is 11.2 Å². The smallest absolute Gasteiger partial charge is 0.455 e. The van der Waals surface area contributed by atoms with Gasteiger partial charge in [-0.3, -0.25) is 0 Å². The average Bonchev–Trinajstić information content (AvgIpc) is 3.58. The van der Waals surface area contributed by atoms with Crippen molar-refractivity contribution < 1.29 is 13.7 Å². The van der Waals surface area contributed by atoms with Gasteiger partial charge in [0.15, 0.2) is 17.5 Å². The quantitative estimate of drug-likeness (QED) is 0.184. The monoisotopic (exact) mass is 601 g/mol. The van der Waals surface area contributed by atoms with Gasteiger partial charge in [0.2, 0.25) is 0 Å². The van der Waals surface area contributed by atoms with Crippen molar-refractivity contribution >= 4 is 34.5 Å². The number of benzene rings is 5. The highest BCUT2D eigenvalue weighted by Crippen LogP contribution is 2.40. The molecule has 0 saturated carbocycles. The van der Waals surface area contributed by atoms with Gasteiger partial charge in [0.25, 0.3) is 0 Å². The molecule has 0 aliphatic carbocycles. The van der Waals surface area contributed by atoms with Crippen LogP contribution in [-0.4, -0.2) is 33.3 Å². The maximum Gasteiger partial charge on any atom is 0.495 e. The summed E-state index contributed by atoms with van der Waals surface area (Å²) in [4.78, 5) is 14.6. The summed E-state index contributed by atoms with van der Waals surface area (Å²) in [5.74, 6) is 1.89. The van der Waals surface area contributed by atoms with Gasteiger partial charge >= 0.3 is 7.12 Å². The Bertz CT molecular complexity index is 2140. The van der Waals surface area contributed by atoms with Gasteiger partial charge < -0.3 is 13.7 Å². The molecule has 0 bridgehead atoms. The lowest BCUT2D eigenvalue weighted by atomic mass is 9.75. The van der Waals surface area contributed by atoms with Gasteiger partial charge in [-0.2, -0.15) is 0 Å². The van der Waals surface area contributed by atoms with Crippen molar-refractivity contribution in [3.05, 3.63) is 121 Å². The Hall–Kier alpha value is -5.11. The third-order valence-electron chi connectivity index (χ3n) is 9.22. The van der Waals surface area contributed by atoms with Crippen LogP contribution in [0.3, 0.4) is 0 Å². The van der Waals surface area contributed by atoms with E-state index >= 15 is 0 Å². The largest absolute Gasteiger partial charge is 0.495 e. The molecule has 6 nitrogen and oxygen atoms in total. The minimum absolute atomic E-state index is 0.451. The van der Waals surface area contributed by atoms with Crippen LogP contribution in [0.4, 0.5) is 0 Å². The van der Waals surface area contributed by atoms with Crippen molar-refractivity contribution in [3.63, 3.8) is 0 Å². The first-order valence-electron chi connectivity index (χ1n) is 15.5. The molecule has 0 N–H and O–H groups in total. The number of fused-ring (bicyclic) bond motifs is 3. The number of hydrogen-bond acceptors (Lipinski definition) is 6. The summed E-state index contributed by atoms with van der Waals surface area (Å²) in [6.45, 7) is 8.30. The second-order valence-corrected chi connectivity index (χ2v) is 12.7. The predicted octanol–water partition coefficient (Wildman–Crippen LogP) is 8.74. The number of rotatable bonds is 5. The number of nitrogens with zero attached hydrogens (tertiary/aromatic N) is 3. The van der Waals surface area contributed by atoms with Crippen LogP contribution in [-0.2, 0) is 9.31 Å². The third-order valence-corrected chi connectivity index (χ3v) is 9.22. The number of furan rings is 1. The first-order chi connectivity index (χ1) is 22.3. The maximum atomic E-state index is 6.54. The lowest BCUT2D eigenvalue weighted by Gasteiger charge is -2.32. The predicted molar refractivity (Wildman–Crippen MR) is 185 cm³/mol. The summed E-state index contributed by atoms with van der Waals surface area (Å²) in [5, 5.41) is 2.04.